The Balaban J connectivity index is 0. The third kappa shape index (κ3) is 12.2. The highest BCUT2D eigenvalue weighted by Crippen LogP contribution is 2.58. The largest absolute Gasteiger partial charge is 0.250 e. The van der Waals surface area contributed by atoms with Crippen LogP contribution in [0.15, 0.2) is 0 Å². The van der Waals surface area contributed by atoms with Crippen molar-refractivity contribution in [1.82, 2.24) is 0 Å². The van der Waals surface area contributed by atoms with E-state index in [2.05, 4.69) is 0 Å². The van der Waals surface area contributed by atoms with Gasteiger partial charge in [0, 0.05) is 11.8 Å². The number of hydrogen-bond acceptors (Lipinski definition) is 0. The van der Waals surface area contributed by atoms with Crippen molar-refractivity contribution in [1.29, 1.82) is 0 Å². The van der Waals surface area contributed by atoms with Crippen LogP contribution in [0.3, 0.4) is 0 Å². The Kier molecular flexibility index (Phi) is 9.86. The topological polar surface area (TPSA) is 0 Å². The fourth-order valence-corrected chi connectivity index (χ4v) is 1.69. The van der Waals surface area contributed by atoms with E-state index < -0.39 is 22.9 Å². The van der Waals surface area contributed by atoms with E-state index in [0.29, 0.717) is 32.1 Å². The quantitative estimate of drug-likeness (QED) is 0.459. The van der Waals surface area contributed by atoms with Crippen LogP contribution in [-0.2, 0) is 0 Å². The van der Waals surface area contributed by atoms with Gasteiger partial charge in [-0.25, -0.2) is 22.0 Å². The Morgan fingerprint density at radius 2 is 1.18 bits per heavy atom. The minimum absolute atomic E-state index is 0.00694. The molecule has 0 N–H and O–H groups in total. The standard InChI is InChI=1S/C7H12F2.C5H10F2.C5H11F/c1-3-7(4-5-7)6(2,8)9;1-3-4-5(2,6)7;1-4-5(2,3)6/h3-5H2,1-2H3;3-4H2,1-2H3;4H2,1-3H3. The summed E-state index contributed by atoms with van der Waals surface area (Å²) in [6, 6.07) is 0. The minimum atomic E-state index is -2.45. The summed E-state index contributed by atoms with van der Waals surface area (Å²) >= 11 is 0. The molecule has 0 amide bonds. The molecule has 1 fully saturated rings. The SMILES string of the molecule is CCC(C)(C)F.CCC1(C(C)(F)F)CC1.CCCC(C)(F)F. The molecule has 1 aliphatic carbocycles. The van der Waals surface area contributed by atoms with Gasteiger partial charge in [0.05, 0.1) is 0 Å². The molecule has 0 saturated heterocycles. The summed E-state index contributed by atoms with van der Waals surface area (Å²) < 4.78 is 60.7. The fourth-order valence-electron chi connectivity index (χ4n) is 1.69. The van der Waals surface area contributed by atoms with Crippen LogP contribution < -0.4 is 0 Å². The van der Waals surface area contributed by atoms with Gasteiger partial charge < -0.3 is 0 Å². The maximum absolute atomic E-state index is 12.6. The summed E-state index contributed by atoms with van der Waals surface area (Å²) in [7, 11) is 0. The van der Waals surface area contributed by atoms with Crippen LogP contribution in [0, 0.1) is 5.41 Å². The molecule has 0 nitrogen and oxygen atoms in total. The van der Waals surface area contributed by atoms with Crippen molar-refractivity contribution < 1.29 is 22.0 Å². The van der Waals surface area contributed by atoms with Crippen molar-refractivity contribution in [3.63, 3.8) is 0 Å². The van der Waals surface area contributed by atoms with Crippen LogP contribution in [-0.4, -0.2) is 17.5 Å². The van der Waals surface area contributed by atoms with Crippen molar-refractivity contribution >= 4 is 0 Å². The predicted molar refractivity (Wildman–Crippen MR) is 83.6 cm³/mol. The van der Waals surface area contributed by atoms with E-state index in [1.54, 1.807) is 20.8 Å². The molecule has 0 aromatic carbocycles. The molecule has 0 spiro atoms. The Morgan fingerprint density at radius 1 is 0.818 bits per heavy atom. The molecule has 1 aliphatic rings. The van der Waals surface area contributed by atoms with Crippen LogP contribution in [0.5, 0.6) is 0 Å². The molecule has 0 aromatic heterocycles. The van der Waals surface area contributed by atoms with Gasteiger partial charge in [0.15, 0.2) is 0 Å². The molecule has 1 saturated carbocycles. The van der Waals surface area contributed by atoms with E-state index >= 15 is 0 Å². The first kappa shape index (κ1) is 23.9. The first-order chi connectivity index (χ1) is 9.64. The molecule has 0 bridgehead atoms. The number of alkyl halides is 5. The van der Waals surface area contributed by atoms with Gasteiger partial charge in [-0.15, -0.1) is 0 Å². The number of halogens is 5. The second-order valence-corrected chi connectivity index (χ2v) is 6.91. The van der Waals surface area contributed by atoms with E-state index in [1.165, 1.54) is 0 Å². The van der Waals surface area contributed by atoms with Gasteiger partial charge >= 0.3 is 0 Å². The van der Waals surface area contributed by atoms with Gasteiger partial charge in [0.2, 0.25) is 5.92 Å². The van der Waals surface area contributed by atoms with E-state index in [1.807, 2.05) is 13.8 Å². The fraction of sp³-hybridized carbons (Fsp3) is 1.00. The van der Waals surface area contributed by atoms with Crippen LogP contribution in [0.4, 0.5) is 22.0 Å². The van der Waals surface area contributed by atoms with Crippen LogP contribution in [0.25, 0.3) is 0 Å². The lowest BCUT2D eigenvalue weighted by Crippen LogP contribution is -2.24. The van der Waals surface area contributed by atoms with Crippen molar-refractivity contribution in [3.8, 4) is 0 Å². The van der Waals surface area contributed by atoms with Crippen molar-refractivity contribution in [2.45, 2.75) is 105 Å². The average molecular weight is 332 g/mol. The van der Waals surface area contributed by atoms with E-state index in [4.69, 9.17) is 0 Å². The lowest BCUT2D eigenvalue weighted by Gasteiger charge is -2.20. The zero-order valence-electron chi connectivity index (χ0n) is 15.1. The molecule has 0 aromatic rings. The maximum atomic E-state index is 12.6. The Labute approximate surface area is 132 Å². The van der Waals surface area contributed by atoms with E-state index in [0.717, 1.165) is 13.8 Å². The van der Waals surface area contributed by atoms with Gasteiger partial charge in [0.1, 0.15) is 5.67 Å². The molecular formula is C17H33F5. The molecule has 0 unspecified atom stereocenters. The Morgan fingerprint density at radius 3 is 1.18 bits per heavy atom. The summed E-state index contributed by atoms with van der Waals surface area (Å²) in [6.45, 7) is 10.5. The minimum Gasteiger partial charge on any atom is -0.245 e. The molecule has 0 radical (unpaired) electrons. The molecule has 136 valence electrons. The zero-order valence-corrected chi connectivity index (χ0v) is 15.1. The van der Waals surface area contributed by atoms with E-state index in [9.17, 15) is 22.0 Å². The van der Waals surface area contributed by atoms with Gasteiger partial charge in [-0.1, -0.05) is 27.2 Å². The van der Waals surface area contributed by atoms with Crippen molar-refractivity contribution in [2.24, 2.45) is 5.41 Å². The molecule has 5 heteroatoms. The van der Waals surface area contributed by atoms with Crippen LogP contribution in [0.1, 0.15) is 87.0 Å². The molecular weight excluding hydrogens is 299 g/mol. The summed E-state index contributed by atoms with van der Waals surface area (Å²) in [4.78, 5) is 0. The average Bonchev–Trinajstić information content (AvgIpc) is 3.08. The highest BCUT2D eigenvalue weighted by molar-refractivity contribution is 5.00. The normalized spacial score (nSPS) is 16.9. The molecule has 22 heavy (non-hydrogen) atoms. The predicted octanol–water partition coefficient (Wildman–Crippen LogP) is 7.42. The highest BCUT2D eigenvalue weighted by atomic mass is 19.3. The summed E-state index contributed by atoms with van der Waals surface area (Å²) in [5.41, 5.74) is -1.56. The van der Waals surface area contributed by atoms with Crippen LogP contribution in [0.2, 0.25) is 0 Å². The van der Waals surface area contributed by atoms with Gasteiger partial charge in [-0.3, -0.25) is 0 Å². The monoisotopic (exact) mass is 332 g/mol. The second kappa shape index (κ2) is 9.07. The number of hydrogen-bond donors (Lipinski definition) is 0. The van der Waals surface area contributed by atoms with Crippen molar-refractivity contribution in [2.75, 3.05) is 0 Å². The smallest absolute Gasteiger partial charge is 0.245 e. The number of rotatable bonds is 5. The lowest BCUT2D eigenvalue weighted by atomic mass is 9.97. The van der Waals surface area contributed by atoms with E-state index in [-0.39, 0.29) is 6.42 Å². The maximum Gasteiger partial charge on any atom is 0.250 e. The molecule has 0 heterocycles. The first-order valence-electron chi connectivity index (χ1n) is 8.08. The summed E-state index contributed by atoms with van der Waals surface area (Å²) in [5, 5.41) is 0. The van der Waals surface area contributed by atoms with Gasteiger partial charge in [0.25, 0.3) is 5.92 Å². The highest BCUT2D eigenvalue weighted by Gasteiger charge is 2.57. The second-order valence-electron chi connectivity index (χ2n) is 6.91. The third-order valence-corrected chi connectivity index (χ3v) is 3.99. The van der Waals surface area contributed by atoms with Gasteiger partial charge in [-0.05, 0) is 53.4 Å². The Hall–Kier alpha value is -0.350. The van der Waals surface area contributed by atoms with Crippen molar-refractivity contribution in [3.05, 3.63) is 0 Å². The van der Waals surface area contributed by atoms with Gasteiger partial charge in [-0.2, -0.15) is 0 Å². The molecule has 0 atom stereocenters. The Bertz CT molecular complexity index is 277. The summed E-state index contributed by atoms with van der Waals surface area (Å²) in [5.74, 6) is -4.89. The third-order valence-electron chi connectivity index (χ3n) is 3.99. The molecule has 1 rings (SSSR count). The van der Waals surface area contributed by atoms with Crippen LogP contribution >= 0.6 is 0 Å². The lowest BCUT2D eigenvalue weighted by molar-refractivity contribution is -0.0558. The zero-order chi connectivity index (χ0) is 18.2. The summed E-state index contributed by atoms with van der Waals surface area (Å²) in [6.07, 6.45) is 3.22. The first-order valence-corrected chi connectivity index (χ1v) is 8.08. The molecule has 0 aliphatic heterocycles.